The lowest BCUT2D eigenvalue weighted by Crippen LogP contribution is -2.43. The first-order valence-corrected chi connectivity index (χ1v) is 26.4. The molecular formula is C63H78O8. The lowest BCUT2D eigenvalue weighted by molar-refractivity contribution is 0.0364. The van der Waals surface area contributed by atoms with Gasteiger partial charge >= 0.3 is 0 Å². The molecule has 378 valence electrons. The lowest BCUT2D eigenvalue weighted by atomic mass is 9.53. The molecule has 0 amide bonds. The van der Waals surface area contributed by atoms with Crippen LogP contribution in [0.25, 0.3) is 0 Å². The highest BCUT2D eigenvalue weighted by Crippen LogP contribution is 2.58. The number of benzene rings is 4. The van der Waals surface area contributed by atoms with Gasteiger partial charge in [0.1, 0.15) is 67.7 Å². The van der Waals surface area contributed by atoms with Gasteiger partial charge in [0.15, 0.2) is 0 Å². The van der Waals surface area contributed by atoms with Crippen LogP contribution in [-0.2, 0) is 55.5 Å². The van der Waals surface area contributed by atoms with Crippen LogP contribution in [0.3, 0.4) is 0 Å². The third-order valence-electron chi connectivity index (χ3n) is 16.7. The smallest absolute Gasteiger partial charge is 0.122 e. The van der Waals surface area contributed by atoms with E-state index in [2.05, 4.69) is 113 Å². The van der Waals surface area contributed by atoms with Gasteiger partial charge in [-0.05, 0) is 163 Å². The van der Waals surface area contributed by atoms with E-state index in [0.717, 1.165) is 125 Å². The zero-order valence-corrected chi connectivity index (χ0v) is 42.9. The Morgan fingerprint density at radius 2 is 0.775 bits per heavy atom. The van der Waals surface area contributed by atoms with Gasteiger partial charge in [-0.2, -0.15) is 0 Å². The van der Waals surface area contributed by atoms with Crippen LogP contribution in [0.4, 0.5) is 0 Å². The SMILES string of the molecule is C=CCc1cc(C2(c3ccc(OCC4CO4)c(CC=C)c3)CCC(C(C)(C)C3CCC(c4ccc(OCC5CO5)c(CC=C)c4)(c4ccc(OCC5CO5)c(CC=C)c4)CC3)CC2)ccc1OCCOC. The Balaban J connectivity index is 1.00. The minimum atomic E-state index is -0.182. The third-order valence-corrected chi connectivity index (χ3v) is 16.7. The van der Waals surface area contributed by atoms with E-state index in [4.69, 9.17) is 37.9 Å². The second-order valence-electron chi connectivity index (χ2n) is 21.4. The Bertz CT molecular complexity index is 2400. The molecule has 3 heterocycles. The van der Waals surface area contributed by atoms with E-state index in [0.29, 0.717) is 44.9 Å². The number of ether oxygens (including phenoxy) is 8. The van der Waals surface area contributed by atoms with Crippen LogP contribution in [0.2, 0.25) is 0 Å². The number of allylic oxidation sites excluding steroid dienone is 4. The minimum Gasteiger partial charge on any atom is -0.491 e. The summed E-state index contributed by atoms with van der Waals surface area (Å²) in [7, 11) is 1.71. The molecule has 2 aliphatic carbocycles. The van der Waals surface area contributed by atoms with E-state index < -0.39 is 0 Å². The molecule has 0 N–H and O–H groups in total. The zero-order valence-electron chi connectivity index (χ0n) is 42.9. The van der Waals surface area contributed by atoms with Crippen LogP contribution in [0, 0.1) is 17.3 Å². The molecule has 5 fully saturated rings. The van der Waals surface area contributed by atoms with E-state index in [1.807, 2.05) is 24.3 Å². The van der Waals surface area contributed by atoms with Gasteiger partial charge in [-0.25, -0.2) is 0 Å². The predicted octanol–water partition coefficient (Wildman–Crippen LogP) is 12.6. The standard InChI is InChI=1S/C63H78O8/c1-8-12-44-34-50(16-20-57(44)65-33-32-64-7)62(51-17-21-58(45(35-51)13-9-2)69-41-54-38-66-54)28-24-48(25-29-62)61(5,6)49-26-30-63(31-27-49,52-18-22-59(46(36-52)14-10-3)70-42-55-39-67-55)53-19-23-60(47(37-53)15-11-4)71-43-56-40-68-56/h8-11,16-23,34-37,48-49,54-56H,1-4,12-15,24-33,38-43H2,5-7H3. The van der Waals surface area contributed by atoms with Gasteiger partial charge in [0.2, 0.25) is 0 Å². The van der Waals surface area contributed by atoms with Crippen LogP contribution in [-0.4, -0.2) is 78.3 Å². The molecule has 71 heavy (non-hydrogen) atoms. The summed E-state index contributed by atoms with van der Waals surface area (Å²) in [6.45, 7) is 26.8. The van der Waals surface area contributed by atoms with Gasteiger partial charge in [0.05, 0.1) is 26.4 Å². The molecule has 3 atom stereocenters. The summed E-state index contributed by atoms with van der Waals surface area (Å²) in [4.78, 5) is 0. The fourth-order valence-corrected chi connectivity index (χ4v) is 12.1. The molecule has 5 aliphatic rings. The highest BCUT2D eigenvalue weighted by atomic mass is 16.6. The summed E-state index contributed by atoms with van der Waals surface area (Å²) in [5, 5.41) is 0. The first kappa shape index (κ1) is 50.8. The van der Waals surface area contributed by atoms with Gasteiger partial charge in [0.25, 0.3) is 0 Å². The molecule has 3 aliphatic heterocycles. The van der Waals surface area contributed by atoms with Gasteiger partial charge in [-0.15, -0.1) is 26.3 Å². The topological polar surface area (TPSA) is 83.7 Å². The average molecular weight is 963 g/mol. The first-order valence-electron chi connectivity index (χ1n) is 26.4. The molecule has 4 aromatic rings. The van der Waals surface area contributed by atoms with E-state index in [9.17, 15) is 0 Å². The van der Waals surface area contributed by atoms with E-state index in [1.54, 1.807) is 7.11 Å². The molecule has 0 radical (unpaired) electrons. The van der Waals surface area contributed by atoms with Crippen molar-refractivity contribution in [1.29, 1.82) is 0 Å². The molecule has 8 nitrogen and oxygen atoms in total. The van der Waals surface area contributed by atoms with E-state index >= 15 is 0 Å². The van der Waals surface area contributed by atoms with Gasteiger partial charge < -0.3 is 37.9 Å². The van der Waals surface area contributed by atoms with Crippen LogP contribution >= 0.6 is 0 Å². The van der Waals surface area contributed by atoms with Gasteiger partial charge in [0, 0.05) is 17.9 Å². The Kier molecular flexibility index (Phi) is 16.3. The number of epoxide rings is 3. The molecule has 0 spiro atoms. The highest BCUT2D eigenvalue weighted by Gasteiger charge is 2.48. The lowest BCUT2D eigenvalue weighted by Gasteiger charge is -2.52. The number of hydrogen-bond acceptors (Lipinski definition) is 8. The van der Waals surface area contributed by atoms with Crippen molar-refractivity contribution in [1.82, 2.24) is 0 Å². The Morgan fingerprint density at radius 3 is 1.04 bits per heavy atom. The Morgan fingerprint density at radius 1 is 0.479 bits per heavy atom. The van der Waals surface area contributed by atoms with E-state index in [-0.39, 0.29) is 34.6 Å². The molecule has 2 saturated carbocycles. The maximum atomic E-state index is 6.36. The molecule has 0 bridgehead atoms. The largest absolute Gasteiger partial charge is 0.491 e. The summed E-state index contributed by atoms with van der Waals surface area (Å²) < 4.78 is 47.2. The van der Waals surface area contributed by atoms with Gasteiger partial charge in [-0.3, -0.25) is 0 Å². The summed E-state index contributed by atoms with van der Waals surface area (Å²) in [6, 6.07) is 27.8. The van der Waals surface area contributed by atoms with Crippen molar-refractivity contribution in [2.24, 2.45) is 17.3 Å². The molecule has 4 aromatic carbocycles. The molecule has 9 rings (SSSR count). The second-order valence-corrected chi connectivity index (χ2v) is 21.4. The minimum absolute atomic E-state index is 0.134. The number of rotatable bonds is 27. The molecule has 0 aromatic heterocycles. The van der Waals surface area contributed by atoms with Crippen molar-refractivity contribution >= 4 is 0 Å². The van der Waals surface area contributed by atoms with Crippen molar-refractivity contribution in [2.75, 3.05) is 60.0 Å². The normalized spacial score (nSPS) is 25.6. The third kappa shape index (κ3) is 11.7. The van der Waals surface area contributed by atoms with Crippen LogP contribution in [0.1, 0.15) is 110 Å². The number of methoxy groups -OCH3 is 1. The molecule has 3 saturated heterocycles. The fourth-order valence-electron chi connectivity index (χ4n) is 12.1. The van der Waals surface area contributed by atoms with Crippen molar-refractivity contribution in [3.8, 4) is 23.0 Å². The van der Waals surface area contributed by atoms with Crippen LogP contribution in [0.15, 0.2) is 123 Å². The van der Waals surface area contributed by atoms with Crippen LogP contribution in [0.5, 0.6) is 23.0 Å². The second kappa shape index (κ2) is 22.7. The van der Waals surface area contributed by atoms with Crippen molar-refractivity contribution < 1.29 is 37.9 Å². The summed E-state index contributed by atoms with van der Waals surface area (Å²) >= 11 is 0. The maximum Gasteiger partial charge on any atom is 0.122 e. The summed E-state index contributed by atoms with van der Waals surface area (Å²) in [5.74, 6) is 4.82. The average Bonchev–Trinajstić information content (AvgIpc) is 4.23. The van der Waals surface area contributed by atoms with Crippen molar-refractivity contribution in [3.63, 3.8) is 0 Å². The molecular weight excluding hydrogens is 885 g/mol. The van der Waals surface area contributed by atoms with Gasteiger partial charge in [-0.1, -0.05) is 86.7 Å². The van der Waals surface area contributed by atoms with Crippen molar-refractivity contribution in [2.45, 2.75) is 120 Å². The number of hydrogen-bond donors (Lipinski definition) is 0. The summed E-state index contributed by atoms with van der Waals surface area (Å²) in [6.07, 6.45) is 20.3. The quantitative estimate of drug-likeness (QED) is 0.0332. The highest BCUT2D eigenvalue weighted by molar-refractivity contribution is 5.52. The fraction of sp³-hybridized carbons (Fsp3) is 0.492. The van der Waals surface area contributed by atoms with E-state index in [1.165, 1.54) is 38.9 Å². The monoisotopic (exact) mass is 963 g/mol. The zero-order chi connectivity index (χ0) is 49.4. The Labute approximate surface area is 424 Å². The van der Waals surface area contributed by atoms with Crippen molar-refractivity contribution in [3.05, 3.63) is 168 Å². The first-order chi connectivity index (χ1) is 34.6. The maximum absolute atomic E-state index is 6.36. The predicted molar refractivity (Wildman–Crippen MR) is 284 cm³/mol. The Hall–Kier alpha value is -5.12. The van der Waals surface area contributed by atoms with Crippen LogP contribution < -0.4 is 18.9 Å². The summed E-state index contributed by atoms with van der Waals surface area (Å²) in [5.41, 5.74) is 9.87. The molecule has 8 heteroatoms. The molecule has 3 unspecified atom stereocenters.